The zero-order valence-electron chi connectivity index (χ0n) is 12.2. The second kappa shape index (κ2) is 6.18. The SMILES string of the molecule is Cc1ccnc(-c2ccc(C(=O)Nc3cccnc3)cc2)c1. The summed E-state index contributed by atoms with van der Waals surface area (Å²) in [5.74, 6) is -0.156. The first-order valence-corrected chi connectivity index (χ1v) is 6.97. The maximum atomic E-state index is 12.2. The molecule has 3 rings (SSSR count). The molecule has 1 amide bonds. The van der Waals surface area contributed by atoms with E-state index in [1.165, 1.54) is 0 Å². The number of benzene rings is 1. The normalized spacial score (nSPS) is 10.2. The van der Waals surface area contributed by atoms with Crippen LogP contribution < -0.4 is 5.32 Å². The number of nitrogens with one attached hydrogen (secondary N) is 1. The van der Waals surface area contributed by atoms with Crippen LogP contribution in [0.25, 0.3) is 11.3 Å². The van der Waals surface area contributed by atoms with Gasteiger partial charge in [0.05, 0.1) is 17.6 Å². The van der Waals surface area contributed by atoms with Crippen molar-refractivity contribution in [2.75, 3.05) is 5.32 Å². The Bertz CT molecular complexity index is 783. The number of carbonyl (C=O) groups is 1. The van der Waals surface area contributed by atoms with Crippen LogP contribution in [-0.4, -0.2) is 15.9 Å². The molecule has 0 fully saturated rings. The van der Waals surface area contributed by atoms with Crippen LogP contribution >= 0.6 is 0 Å². The van der Waals surface area contributed by atoms with Gasteiger partial charge in [-0.25, -0.2) is 0 Å². The first kappa shape index (κ1) is 13.9. The van der Waals surface area contributed by atoms with Crippen LogP contribution in [-0.2, 0) is 0 Å². The molecule has 22 heavy (non-hydrogen) atoms. The van der Waals surface area contributed by atoms with E-state index < -0.39 is 0 Å². The highest BCUT2D eigenvalue weighted by Gasteiger charge is 2.07. The highest BCUT2D eigenvalue weighted by atomic mass is 16.1. The number of aromatic nitrogens is 2. The molecule has 0 spiro atoms. The standard InChI is InChI=1S/C18H15N3O/c1-13-8-10-20-17(11-13)14-4-6-15(7-5-14)18(22)21-16-3-2-9-19-12-16/h2-12H,1H3,(H,21,22). The number of hydrogen-bond donors (Lipinski definition) is 1. The van der Waals surface area contributed by atoms with Gasteiger partial charge in [0.2, 0.25) is 0 Å². The molecule has 0 atom stereocenters. The van der Waals surface area contributed by atoms with Crippen LogP contribution in [0, 0.1) is 6.92 Å². The van der Waals surface area contributed by atoms with E-state index in [1.807, 2.05) is 31.2 Å². The van der Waals surface area contributed by atoms with E-state index in [-0.39, 0.29) is 5.91 Å². The first-order chi connectivity index (χ1) is 10.7. The Hall–Kier alpha value is -3.01. The van der Waals surface area contributed by atoms with Crippen molar-refractivity contribution in [2.45, 2.75) is 6.92 Å². The van der Waals surface area contributed by atoms with Crippen LogP contribution in [0.2, 0.25) is 0 Å². The summed E-state index contributed by atoms with van der Waals surface area (Å²) in [4.78, 5) is 20.5. The van der Waals surface area contributed by atoms with Gasteiger partial charge in [-0.05, 0) is 48.9 Å². The van der Waals surface area contributed by atoms with Crippen molar-refractivity contribution in [1.82, 2.24) is 9.97 Å². The number of aryl methyl sites for hydroxylation is 1. The van der Waals surface area contributed by atoms with Crippen molar-refractivity contribution in [1.29, 1.82) is 0 Å². The molecule has 2 heterocycles. The van der Waals surface area contributed by atoms with Gasteiger partial charge >= 0.3 is 0 Å². The third-order valence-electron chi connectivity index (χ3n) is 3.28. The average molecular weight is 289 g/mol. The molecule has 0 saturated carbocycles. The van der Waals surface area contributed by atoms with Crippen LogP contribution in [0.15, 0.2) is 67.1 Å². The average Bonchev–Trinajstić information content (AvgIpc) is 2.56. The van der Waals surface area contributed by atoms with Crippen LogP contribution in [0.3, 0.4) is 0 Å². The van der Waals surface area contributed by atoms with E-state index in [2.05, 4.69) is 15.3 Å². The number of carbonyl (C=O) groups excluding carboxylic acids is 1. The third kappa shape index (κ3) is 3.17. The molecule has 0 radical (unpaired) electrons. The van der Waals surface area contributed by atoms with E-state index >= 15 is 0 Å². The van der Waals surface area contributed by atoms with Crippen molar-refractivity contribution in [2.24, 2.45) is 0 Å². The van der Waals surface area contributed by atoms with Crippen LogP contribution in [0.4, 0.5) is 5.69 Å². The molecule has 108 valence electrons. The fourth-order valence-corrected chi connectivity index (χ4v) is 2.13. The molecule has 0 bridgehead atoms. The minimum atomic E-state index is -0.156. The van der Waals surface area contributed by atoms with Gasteiger partial charge in [0, 0.05) is 23.5 Å². The lowest BCUT2D eigenvalue weighted by atomic mass is 10.1. The van der Waals surface area contributed by atoms with E-state index in [4.69, 9.17) is 0 Å². The van der Waals surface area contributed by atoms with E-state index in [0.29, 0.717) is 11.3 Å². The van der Waals surface area contributed by atoms with Gasteiger partial charge in [-0.2, -0.15) is 0 Å². The molecule has 1 aromatic carbocycles. The Morgan fingerprint density at radius 3 is 2.55 bits per heavy atom. The van der Waals surface area contributed by atoms with Gasteiger partial charge in [-0.1, -0.05) is 12.1 Å². The highest BCUT2D eigenvalue weighted by molar-refractivity contribution is 6.04. The van der Waals surface area contributed by atoms with Gasteiger partial charge in [0.15, 0.2) is 0 Å². The zero-order chi connectivity index (χ0) is 15.4. The lowest BCUT2D eigenvalue weighted by molar-refractivity contribution is 0.102. The Kier molecular flexibility index (Phi) is 3.92. The zero-order valence-corrected chi connectivity index (χ0v) is 12.2. The molecule has 0 aliphatic rings. The van der Waals surface area contributed by atoms with Crippen LogP contribution in [0.5, 0.6) is 0 Å². The van der Waals surface area contributed by atoms with E-state index in [0.717, 1.165) is 16.8 Å². The maximum Gasteiger partial charge on any atom is 0.255 e. The summed E-state index contributed by atoms with van der Waals surface area (Å²) >= 11 is 0. The second-order valence-corrected chi connectivity index (χ2v) is 4.99. The van der Waals surface area contributed by atoms with E-state index in [9.17, 15) is 4.79 Å². The highest BCUT2D eigenvalue weighted by Crippen LogP contribution is 2.18. The summed E-state index contributed by atoms with van der Waals surface area (Å²) in [5.41, 5.74) is 4.32. The number of rotatable bonds is 3. The van der Waals surface area contributed by atoms with Gasteiger partial charge < -0.3 is 5.32 Å². The fourth-order valence-electron chi connectivity index (χ4n) is 2.13. The molecule has 0 aliphatic heterocycles. The van der Waals surface area contributed by atoms with Gasteiger partial charge in [0.25, 0.3) is 5.91 Å². The van der Waals surface area contributed by atoms with Crippen LogP contribution in [0.1, 0.15) is 15.9 Å². The summed E-state index contributed by atoms with van der Waals surface area (Å²) in [6.07, 6.45) is 5.07. The topological polar surface area (TPSA) is 54.9 Å². The molecule has 4 heteroatoms. The lowest BCUT2D eigenvalue weighted by Crippen LogP contribution is -2.11. The molecule has 3 aromatic rings. The van der Waals surface area contributed by atoms with Gasteiger partial charge in [-0.15, -0.1) is 0 Å². The molecule has 4 nitrogen and oxygen atoms in total. The third-order valence-corrected chi connectivity index (χ3v) is 3.28. The summed E-state index contributed by atoms with van der Waals surface area (Å²) in [7, 11) is 0. The number of hydrogen-bond acceptors (Lipinski definition) is 3. The van der Waals surface area contributed by atoms with Gasteiger partial charge in [-0.3, -0.25) is 14.8 Å². The Labute approximate surface area is 128 Å². The minimum Gasteiger partial charge on any atom is -0.321 e. The quantitative estimate of drug-likeness (QED) is 0.799. The molecule has 0 aliphatic carbocycles. The van der Waals surface area contributed by atoms with Crippen molar-refractivity contribution in [3.05, 3.63) is 78.2 Å². The molecule has 0 unspecified atom stereocenters. The smallest absolute Gasteiger partial charge is 0.255 e. The Morgan fingerprint density at radius 2 is 1.86 bits per heavy atom. The largest absolute Gasteiger partial charge is 0.321 e. The molecule has 2 aromatic heterocycles. The minimum absolute atomic E-state index is 0.156. The second-order valence-electron chi connectivity index (χ2n) is 4.99. The Balaban J connectivity index is 1.78. The summed E-state index contributed by atoms with van der Waals surface area (Å²) < 4.78 is 0. The molecular formula is C18H15N3O. The molecule has 0 saturated heterocycles. The van der Waals surface area contributed by atoms with Crippen molar-refractivity contribution in [3.8, 4) is 11.3 Å². The van der Waals surface area contributed by atoms with E-state index in [1.54, 1.807) is 42.9 Å². The summed E-state index contributed by atoms with van der Waals surface area (Å²) in [5, 5.41) is 2.81. The maximum absolute atomic E-state index is 12.2. The first-order valence-electron chi connectivity index (χ1n) is 6.97. The number of pyridine rings is 2. The predicted molar refractivity (Wildman–Crippen MR) is 86.6 cm³/mol. The van der Waals surface area contributed by atoms with Gasteiger partial charge in [0.1, 0.15) is 0 Å². The van der Waals surface area contributed by atoms with Crippen molar-refractivity contribution < 1.29 is 4.79 Å². The number of amides is 1. The summed E-state index contributed by atoms with van der Waals surface area (Å²) in [6.45, 7) is 2.03. The predicted octanol–water partition coefficient (Wildman–Crippen LogP) is 3.70. The summed E-state index contributed by atoms with van der Waals surface area (Å²) in [6, 6.07) is 15.0. The number of nitrogens with zero attached hydrogens (tertiary/aromatic N) is 2. The van der Waals surface area contributed by atoms with Crippen molar-refractivity contribution >= 4 is 11.6 Å². The molecule has 1 N–H and O–H groups in total. The molecular weight excluding hydrogens is 274 g/mol. The van der Waals surface area contributed by atoms with Crippen molar-refractivity contribution in [3.63, 3.8) is 0 Å². The monoisotopic (exact) mass is 289 g/mol. The fraction of sp³-hybridized carbons (Fsp3) is 0.0556. The Morgan fingerprint density at radius 1 is 1.05 bits per heavy atom. The number of anilines is 1. The lowest BCUT2D eigenvalue weighted by Gasteiger charge is -2.06.